The van der Waals surface area contributed by atoms with Gasteiger partial charge in [-0.1, -0.05) is 0 Å². The van der Waals surface area contributed by atoms with E-state index < -0.39 is 5.82 Å². The van der Waals surface area contributed by atoms with E-state index in [2.05, 4.69) is 9.97 Å². The van der Waals surface area contributed by atoms with Crippen molar-refractivity contribution in [2.45, 2.75) is 0 Å². The van der Waals surface area contributed by atoms with Gasteiger partial charge in [0.25, 0.3) is 0 Å². The van der Waals surface area contributed by atoms with Gasteiger partial charge in [0.2, 0.25) is 0 Å². The van der Waals surface area contributed by atoms with Gasteiger partial charge in [0.15, 0.2) is 0 Å². The monoisotopic (exact) mass is 173 g/mol. The number of hydrogen-bond donors (Lipinski definition) is 0. The molecule has 13 heavy (non-hydrogen) atoms. The first-order valence-electron chi connectivity index (χ1n) is 3.61. The zero-order valence-electron chi connectivity index (χ0n) is 6.53. The Labute approximate surface area is 73.5 Å². The summed E-state index contributed by atoms with van der Waals surface area (Å²) in [6.07, 6.45) is 2.49. The van der Waals surface area contributed by atoms with Gasteiger partial charge in [-0.3, -0.25) is 9.97 Å². The Bertz CT molecular complexity index is 502. The van der Waals surface area contributed by atoms with Crippen molar-refractivity contribution in [2.24, 2.45) is 0 Å². The van der Waals surface area contributed by atoms with Crippen LogP contribution in [0.1, 0.15) is 5.56 Å². The van der Waals surface area contributed by atoms with Crippen LogP contribution in [0, 0.1) is 17.1 Å². The third kappa shape index (κ3) is 1.32. The molecule has 2 heterocycles. The van der Waals surface area contributed by atoms with Crippen LogP contribution in [0.2, 0.25) is 0 Å². The lowest BCUT2D eigenvalue weighted by molar-refractivity contribution is 0.624. The van der Waals surface area contributed by atoms with Gasteiger partial charge in [0.05, 0.1) is 22.8 Å². The van der Waals surface area contributed by atoms with Crippen molar-refractivity contribution in [3.8, 4) is 6.07 Å². The smallest absolute Gasteiger partial charge is 0.143 e. The van der Waals surface area contributed by atoms with Crippen LogP contribution in [-0.2, 0) is 0 Å². The third-order valence-corrected chi connectivity index (χ3v) is 1.63. The van der Waals surface area contributed by atoms with E-state index in [0.29, 0.717) is 16.6 Å². The minimum atomic E-state index is -0.426. The largest absolute Gasteiger partial charge is 0.253 e. The van der Waals surface area contributed by atoms with Gasteiger partial charge in [-0.05, 0) is 6.07 Å². The van der Waals surface area contributed by atoms with E-state index in [9.17, 15) is 4.39 Å². The number of nitriles is 1. The normalized spacial score (nSPS) is 9.85. The maximum Gasteiger partial charge on any atom is 0.143 e. The Kier molecular flexibility index (Phi) is 1.64. The van der Waals surface area contributed by atoms with Crippen LogP contribution in [0.25, 0.3) is 11.0 Å². The Morgan fingerprint density at radius 3 is 2.62 bits per heavy atom. The van der Waals surface area contributed by atoms with Gasteiger partial charge < -0.3 is 0 Å². The van der Waals surface area contributed by atoms with Crippen molar-refractivity contribution in [3.63, 3.8) is 0 Å². The lowest BCUT2D eigenvalue weighted by Gasteiger charge is -1.95. The molecule has 0 amide bonds. The van der Waals surface area contributed by atoms with Gasteiger partial charge in [-0.15, -0.1) is 0 Å². The average molecular weight is 173 g/mol. The molecule has 2 rings (SSSR count). The molecular formula is C9H4FN3. The molecule has 0 unspecified atom stereocenters. The number of fused-ring (bicyclic) bond motifs is 1. The van der Waals surface area contributed by atoms with Crippen LogP contribution in [0.3, 0.4) is 0 Å². The van der Waals surface area contributed by atoms with Crippen LogP contribution in [0.15, 0.2) is 24.5 Å². The second kappa shape index (κ2) is 2.79. The molecule has 2 aromatic rings. The molecule has 0 radical (unpaired) electrons. The first kappa shape index (κ1) is 7.62. The molecule has 0 aromatic carbocycles. The quantitative estimate of drug-likeness (QED) is 0.608. The van der Waals surface area contributed by atoms with Gasteiger partial charge in [-0.25, -0.2) is 4.39 Å². The molecule has 0 aliphatic heterocycles. The van der Waals surface area contributed by atoms with Crippen LogP contribution >= 0.6 is 0 Å². The number of rotatable bonds is 0. The maximum atomic E-state index is 12.7. The van der Waals surface area contributed by atoms with Crippen molar-refractivity contribution in [3.05, 3.63) is 35.9 Å². The molecule has 4 heteroatoms. The predicted molar refractivity (Wildman–Crippen MR) is 44.2 cm³/mol. The maximum absolute atomic E-state index is 12.7. The van der Waals surface area contributed by atoms with Crippen LogP contribution in [-0.4, -0.2) is 9.97 Å². The molecule has 0 fully saturated rings. The molecule has 0 spiro atoms. The molecule has 0 atom stereocenters. The number of nitrogens with zero attached hydrogens (tertiary/aromatic N) is 3. The fourth-order valence-corrected chi connectivity index (χ4v) is 1.04. The van der Waals surface area contributed by atoms with E-state index in [0.717, 1.165) is 6.20 Å². The van der Waals surface area contributed by atoms with Crippen molar-refractivity contribution in [1.29, 1.82) is 5.26 Å². The molecule has 0 bridgehead atoms. The molecular weight excluding hydrogens is 169 g/mol. The highest BCUT2D eigenvalue weighted by Crippen LogP contribution is 2.10. The summed E-state index contributed by atoms with van der Waals surface area (Å²) in [4.78, 5) is 7.69. The average Bonchev–Trinajstić information content (AvgIpc) is 2.17. The zero-order chi connectivity index (χ0) is 9.26. The highest BCUT2D eigenvalue weighted by atomic mass is 19.1. The number of hydrogen-bond acceptors (Lipinski definition) is 3. The zero-order valence-corrected chi connectivity index (χ0v) is 6.53. The van der Waals surface area contributed by atoms with Crippen molar-refractivity contribution in [1.82, 2.24) is 9.97 Å². The number of aromatic nitrogens is 2. The summed E-state index contributed by atoms with van der Waals surface area (Å²) in [5.74, 6) is -0.426. The van der Waals surface area contributed by atoms with Crippen molar-refractivity contribution >= 4 is 11.0 Å². The summed E-state index contributed by atoms with van der Waals surface area (Å²) >= 11 is 0. The highest BCUT2D eigenvalue weighted by molar-refractivity contribution is 5.74. The molecule has 0 aliphatic rings. The SMILES string of the molecule is N#Cc1cnc2cc(F)cnc2c1. The molecule has 0 aliphatic carbocycles. The van der Waals surface area contributed by atoms with E-state index in [1.54, 1.807) is 6.07 Å². The summed E-state index contributed by atoms with van der Waals surface area (Å²) < 4.78 is 12.7. The standard InChI is InChI=1S/C9H4FN3/c10-7-2-9-8(13-5-7)1-6(3-11)4-12-9/h1-2,4-5H. The van der Waals surface area contributed by atoms with Crippen LogP contribution < -0.4 is 0 Å². The molecule has 0 saturated heterocycles. The second-order valence-electron chi connectivity index (χ2n) is 2.53. The fraction of sp³-hybridized carbons (Fsp3) is 0. The van der Waals surface area contributed by atoms with Gasteiger partial charge in [0, 0.05) is 12.3 Å². The summed E-state index contributed by atoms with van der Waals surface area (Å²) in [5, 5.41) is 8.56. The minimum absolute atomic E-state index is 0.423. The lowest BCUT2D eigenvalue weighted by atomic mass is 10.2. The second-order valence-corrected chi connectivity index (χ2v) is 2.53. The number of halogens is 1. The van der Waals surface area contributed by atoms with Gasteiger partial charge in [0.1, 0.15) is 11.9 Å². The summed E-state index contributed by atoms with van der Waals surface area (Å²) in [6, 6.07) is 4.79. The van der Waals surface area contributed by atoms with E-state index in [1.807, 2.05) is 6.07 Å². The topological polar surface area (TPSA) is 49.6 Å². The van der Waals surface area contributed by atoms with Crippen LogP contribution in [0.4, 0.5) is 4.39 Å². The van der Waals surface area contributed by atoms with E-state index in [-0.39, 0.29) is 0 Å². The molecule has 0 saturated carbocycles. The van der Waals surface area contributed by atoms with Crippen LogP contribution in [0.5, 0.6) is 0 Å². The first-order valence-corrected chi connectivity index (χ1v) is 3.61. The van der Waals surface area contributed by atoms with E-state index >= 15 is 0 Å². The Hall–Kier alpha value is -2.02. The van der Waals surface area contributed by atoms with Crippen molar-refractivity contribution < 1.29 is 4.39 Å². The lowest BCUT2D eigenvalue weighted by Crippen LogP contribution is -1.86. The summed E-state index contributed by atoms with van der Waals surface area (Å²) in [7, 11) is 0. The first-order chi connectivity index (χ1) is 6.29. The molecule has 2 aromatic heterocycles. The minimum Gasteiger partial charge on any atom is -0.253 e. The summed E-state index contributed by atoms with van der Waals surface area (Å²) in [5.41, 5.74) is 1.41. The molecule has 3 nitrogen and oxygen atoms in total. The van der Waals surface area contributed by atoms with Crippen molar-refractivity contribution in [2.75, 3.05) is 0 Å². The predicted octanol–water partition coefficient (Wildman–Crippen LogP) is 1.64. The molecule has 0 N–H and O–H groups in total. The van der Waals surface area contributed by atoms with Gasteiger partial charge >= 0.3 is 0 Å². The Balaban J connectivity index is 2.75. The van der Waals surface area contributed by atoms with Gasteiger partial charge in [-0.2, -0.15) is 5.26 Å². The Morgan fingerprint density at radius 2 is 1.85 bits per heavy atom. The summed E-state index contributed by atoms with van der Waals surface area (Å²) in [6.45, 7) is 0. The van der Waals surface area contributed by atoms with E-state index in [4.69, 9.17) is 5.26 Å². The van der Waals surface area contributed by atoms with E-state index in [1.165, 1.54) is 12.3 Å². The highest BCUT2D eigenvalue weighted by Gasteiger charge is 1.99. The fourth-order valence-electron chi connectivity index (χ4n) is 1.04. The molecule has 62 valence electrons. The number of pyridine rings is 2. The third-order valence-electron chi connectivity index (χ3n) is 1.63. The Morgan fingerprint density at radius 1 is 1.15 bits per heavy atom.